The van der Waals surface area contributed by atoms with Gasteiger partial charge < -0.3 is 10.2 Å². The number of halogens is 2. The standard InChI is InChI=1S/C20H15ClFN5O3S/c21-12-8-10(4-5-13(12)22)18(28)23-11-6-7-26-16(9-11)19(29)27(20(26)30)15-3-1-2-14-17(15)25-31-24-14/h1-5,8,11,16H,6-7,9H2,(H,23,28)/t11-,16-/m0/s1. The number of hydrogen-bond acceptors (Lipinski definition) is 6. The zero-order chi connectivity index (χ0) is 21.7. The largest absolute Gasteiger partial charge is 0.349 e. The van der Waals surface area contributed by atoms with Gasteiger partial charge in [0.2, 0.25) is 0 Å². The van der Waals surface area contributed by atoms with Crippen LogP contribution >= 0.6 is 23.3 Å². The molecule has 5 rings (SSSR count). The highest BCUT2D eigenvalue weighted by atomic mass is 35.5. The Bertz CT molecular complexity index is 1230. The minimum absolute atomic E-state index is 0.139. The Labute approximate surface area is 184 Å². The normalized spacial score (nSPS) is 21.0. The van der Waals surface area contributed by atoms with Crippen LogP contribution in [0.2, 0.25) is 5.02 Å². The van der Waals surface area contributed by atoms with E-state index in [0.29, 0.717) is 29.7 Å². The van der Waals surface area contributed by atoms with E-state index >= 15 is 0 Å². The van der Waals surface area contributed by atoms with Gasteiger partial charge in [-0.3, -0.25) is 9.59 Å². The number of fused-ring (bicyclic) bond motifs is 2. The molecule has 0 aliphatic carbocycles. The van der Waals surface area contributed by atoms with Crippen molar-refractivity contribution in [2.75, 3.05) is 11.4 Å². The van der Waals surface area contributed by atoms with Gasteiger partial charge in [0.15, 0.2) is 0 Å². The molecule has 3 aromatic rings. The van der Waals surface area contributed by atoms with Crippen molar-refractivity contribution >= 4 is 57.9 Å². The van der Waals surface area contributed by atoms with Crippen LogP contribution in [0.1, 0.15) is 23.2 Å². The molecule has 2 aliphatic heterocycles. The molecule has 2 aromatic carbocycles. The van der Waals surface area contributed by atoms with Gasteiger partial charge in [-0.2, -0.15) is 8.75 Å². The molecule has 0 unspecified atom stereocenters. The topological polar surface area (TPSA) is 95.5 Å². The van der Waals surface area contributed by atoms with Gasteiger partial charge in [-0.25, -0.2) is 14.1 Å². The fraction of sp³-hybridized carbons (Fsp3) is 0.250. The first kappa shape index (κ1) is 19.8. The van der Waals surface area contributed by atoms with Gasteiger partial charge in [0.1, 0.15) is 22.9 Å². The molecule has 0 saturated carbocycles. The van der Waals surface area contributed by atoms with Crippen LogP contribution in [-0.4, -0.2) is 50.1 Å². The molecule has 1 N–H and O–H groups in total. The zero-order valence-corrected chi connectivity index (χ0v) is 17.5. The van der Waals surface area contributed by atoms with E-state index in [-0.39, 0.29) is 29.0 Å². The predicted molar refractivity (Wildman–Crippen MR) is 113 cm³/mol. The van der Waals surface area contributed by atoms with E-state index in [1.54, 1.807) is 18.2 Å². The van der Waals surface area contributed by atoms with Crippen LogP contribution in [0.3, 0.4) is 0 Å². The molecule has 2 aliphatic rings. The first-order chi connectivity index (χ1) is 14.9. The van der Waals surface area contributed by atoms with Crippen LogP contribution in [0.25, 0.3) is 11.0 Å². The quantitative estimate of drug-likeness (QED) is 0.607. The molecule has 1 aromatic heterocycles. The summed E-state index contributed by atoms with van der Waals surface area (Å²) in [6.07, 6.45) is 0.777. The van der Waals surface area contributed by atoms with Crippen LogP contribution < -0.4 is 10.2 Å². The van der Waals surface area contributed by atoms with Gasteiger partial charge in [0, 0.05) is 18.2 Å². The van der Waals surface area contributed by atoms with Crippen LogP contribution in [-0.2, 0) is 4.79 Å². The number of carbonyl (C=O) groups is 3. The van der Waals surface area contributed by atoms with Gasteiger partial charge in [-0.05, 0) is 43.2 Å². The maximum absolute atomic E-state index is 13.3. The Kier molecular flexibility index (Phi) is 4.82. The van der Waals surface area contributed by atoms with Crippen molar-refractivity contribution in [2.45, 2.75) is 24.9 Å². The monoisotopic (exact) mass is 459 g/mol. The maximum Gasteiger partial charge on any atom is 0.332 e. The summed E-state index contributed by atoms with van der Waals surface area (Å²) in [7, 11) is 0. The van der Waals surface area contributed by atoms with Crippen LogP contribution in [0.4, 0.5) is 14.9 Å². The maximum atomic E-state index is 13.3. The first-order valence-corrected chi connectivity index (χ1v) is 10.7. The summed E-state index contributed by atoms with van der Waals surface area (Å²) in [4.78, 5) is 41.3. The second kappa shape index (κ2) is 7.54. The second-order valence-corrected chi connectivity index (χ2v) is 8.33. The van der Waals surface area contributed by atoms with Crippen LogP contribution in [0, 0.1) is 5.82 Å². The van der Waals surface area contributed by atoms with Crippen LogP contribution in [0.5, 0.6) is 0 Å². The number of piperidine rings is 1. The highest BCUT2D eigenvalue weighted by Crippen LogP contribution is 2.34. The molecule has 31 heavy (non-hydrogen) atoms. The number of nitrogens with one attached hydrogen (secondary N) is 1. The Hall–Kier alpha value is -3.11. The van der Waals surface area contributed by atoms with Crippen molar-refractivity contribution in [2.24, 2.45) is 0 Å². The number of imide groups is 1. The average molecular weight is 460 g/mol. The van der Waals surface area contributed by atoms with E-state index in [0.717, 1.165) is 22.7 Å². The predicted octanol–water partition coefficient (Wildman–Crippen LogP) is 3.21. The third-order valence-corrected chi connectivity index (χ3v) is 6.40. The van der Waals surface area contributed by atoms with Crippen molar-refractivity contribution in [3.05, 3.63) is 52.8 Å². The summed E-state index contributed by atoms with van der Waals surface area (Å²) < 4.78 is 21.7. The van der Waals surface area contributed by atoms with Crippen molar-refractivity contribution in [1.29, 1.82) is 0 Å². The molecule has 0 bridgehead atoms. The average Bonchev–Trinajstić information content (AvgIpc) is 3.33. The molecule has 2 atom stereocenters. The molecule has 4 amide bonds. The summed E-state index contributed by atoms with van der Waals surface area (Å²) in [5.74, 6) is -1.37. The SMILES string of the molecule is O=C(N[C@H]1CCN2C(=O)N(c3cccc4nsnc34)C(=O)[C@@H]2C1)c1ccc(F)c(Cl)c1. The molecule has 11 heteroatoms. The van der Waals surface area contributed by atoms with E-state index < -0.39 is 23.8 Å². The highest BCUT2D eigenvalue weighted by Gasteiger charge is 2.49. The van der Waals surface area contributed by atoms with E-state index in [2.05, 4.69) is 14.1 Å². The van der Waals surface area contributed by atoms with E-state index in [1.807, 2.05) is 0 Å². The van der Waals surface area contributed by atoms with E-state index in [1.165, 1.54) is 17.0 Å². The van der Waals surface area contributed by atoms with E-state index in [4.69, 9.17) is 11.6 Å². The van der Waals surface area contributed by atoms with Crippen molar-refractivity contribution in [3.8, 4) is 0 Å². The number of nitrogens with zero attached hydrogens (tertiary/aromatic N) is 4. The summed E-state index contributed by atoms with van der Waals surface area (Å²) in [6.45, 7) is 0.326. The molecule has 158 valence electrons. The van der Waals surface area contributed by atoms with Gasteiger partial charge in [0.05, 0.1) is 22.4 Å². The molecule has 0 spiro atoms. The van der Waals surface area contributed by atoms with Crippen LogP contribution in [0.15, 0.2) is 36.4 Å². The fourth-order valence-electron chi connectivity index (χ4n) is 4.03. The lowest BCUT2D eigenvalue weighted by atomic mass is 9.97. The van der Waals surface area contributed by atoms with Gasteiger partial charge in [-0.1, -0.05) is 17.7 Å². The molecule has 3 heterocycles. The Morgan fingerprint density at radius 2 is 2.06 bits per heavy atom. The smallest absolute Gasteiger partial charge is 0.332 e. The number of benzene rings is 2. The van der Waals surface area contributed by atoms with E-state index in [9.17, 15) is 18.8 Å². The third-order valence-electron chi connectivity index (χ3n) is 5.57. The summed E-state index contributed by atoms with van der Waals surface area (Å²) in [5, 5.41) is 2.72. The Balaban J connectivity index is 1.35. The molecular formula is C20H15ClFN5O3S. The number of aromatic nitrogens is 2. The minimum Gasteiger partial charge on any atom is -0.349 e. The number of amides is 4. The lowest BCUT2D eigenvalue weighted by Gasteiger charge is -2.32. The summed E-state index contributed by atoms with van der Waals surface area (Å²) in [5.41, 5.74) is 1.77. The second-order valence-electron chi connectivity index (χ2n) is 7.40. The fourth-order valence-corrected chi connectivity index (χ4v) is 4.76. The van der Waals surface area contributed by atoms with Crippen molar-refractivity contribution < 1.29 is 18.8 Å². The lowest BCUT2D eigenvalue weighted by Crippen LogP contribution is -2.49. The molecular weight excluding hydrogens is 445 g/mol. The lowest BCUT2D eigenvalue weighted by molar-refractivity contribution is -0.120. The molecule has 0 radical (unpaired) electrons. The number of anilines is 1. The first-order valence-electron chi connectivity index (χ1n) is 9.56. The van der Waals surface area contributed by atoms with Gasteiger partial charge in [0.25, 0.3) is 11.8 Å². The third kappa shape index (κ3) is 3.31. The number of hydrogen-bond donors (Lipinski definition) is 1. The number of carbonyl (C=O) groups excluding carboxylic acids is 3. The van der Waals surface area contributed by atoms with Crippen molar-refractivity contribution in [1.82, 2.24) is 19.0 Å². The number of urea groups is 1. The molecule has 2 fully saturated rings. The molecule has 2 saturated heterocycles. The summed E-state index contributed by atoms with van der Waals surface area (Å²) >= 11 is 6.78. The summed E-state index contributed by atoms with van der Waals surface area (Å²) in [6, 6.07) is 7.53. The highest BCUT2D eigenvalue weighted by molar-refractivity contribution is 7.00. The Morgan fingerprint density at radius 3 is 2.87 bits per heavy atom. The van der Waals surface area contributed by atoms with Gasteiger partial charge in [-0.15, -0.1) is 0 Å². The minimum atomic E-state index is -0.676. The molecule has 8 nitrogen and oxygen atoms in total. The van der Waals surface area contributed by atoms with Crippen molar-refractivity contribution in [3.63, 3.8) is 0 Å². The number of rotatable bonds is 3. The Morgan fingerprint density at radius 1 is 1.23 bits per heavy atom. The zero-order valence-electron chi connectivity index (χ0n) is 15.9. The van der Waals surface area contributed by atoms with Gasteiger partial charge >= 0.3 is 6.03 Å².